The normalized spacial score (nSPS) is 15.9. The lowest BCUT2D eigenvalue weighted by atomic mass is 9.98. The summed E-state index contributed by atoms with van der Waals surface area (Å²) in [6.45, 7) is 1.26. The second-order valence-electron chi connectivity index (χ2n) is 7.09. The van der Waals surface area contributed by atoms with Crippen molar-refractivity contribution in [3.63, 3.8) is 0 Å². The number of sulfonamides is 1. The number of nitrogens with two attached hydrogens (primary N) is 1. The largest absolute Gasteiger partial charge is 0.342 e. The molecule has 0 unspecified atom stereocenters. The molecule has 0 aromatic heterocycles. The van der Waals surface area contributed by atoms with Crippen LogP contribution in [-0.4, -0.2) is 44.9 Å². The number of benzene rings is 2. The Morgan fingerprint density at radius 3 is 2.46 bits per heavy atom. The fourth-order valence-corrected chi connectivity index (χ4v) is 4.32. The van der Waals surface area contributed by atoms with Gasteiger partial charge in [0.05, 0.1) is 4.90 Å². The Morgan fingerprint density at radius 1 is 1.14 bits per heavy atom. The SMILES string of the molecule is N[C@@H](CC(=O)N1CC(CNS(=O)(=O)c2ccccc2)C1)Cc1ccccc1F. The van der Waals surface area contributed by atoms with Gasteiger partial charge in [-0.3, -0.25) is 4.79 Å². The number of hydrogen-bond acceptors (Lipinski definition) is 4. The van der Waals surface area contributed by atoms with Crippen LogP contribution in [-0.2, 0) is 21.2 Å². The number of rotatable bonds is 8. The zero-order valence-electron chi connectivity index (χ0n) is 15.4. The average molecular weight is 405 g/mol. The van der Waals surface area contributed by atoms with Crippen LogP contribution in [0.3, 0.4) is 0 Å². The molecule has 1 heterocycles. The second kappa shape index (κ2) is 8.81. The summed E-state index contributed by atoms with van der Waals surface area (Å²) in [5.74, 6) is -0.337. The van der Waals surface area contributed by atoms with E-state index >= 15 is 0 Å². The quantitative estimate of drug-likeness (QED) is 0.697. The number of halogens is 1. The lowest BCUT2D eigenvalue weighted by Gasteiger charge is -2.39. The Kier molecular flexibility index (Phi) is 6.43. The molecule has 1 amide bonds. The van der Waals surface area contributed by atoms with E-state index in [1.807, 2.05) is 0 Å². The third-order valence-corrected chi connectivity index (χ3v) is 6.24. The first kappa shape index (κ1) is 20.4. The van der Waals surface area contributed by atoms with E-state index < -0.39 is 16.1 Å². The third kappa shape index (κ3) is 5.15. The molecule has 2 aromatic carbocycles. The van der Waals surface area contributed by atoms with Crippen molar-refractivity contribution in [3.05, 3.63) is 66.0 Å². The van der Waals surface area contributed by atoms with Gasteiger partial charge in [-0.1, -0.05) is 36.4 Å². The molecule has 0 spiro atoms. The molecule has 1 aliphatic rings. The van der Waals surface area contributed by atoms with Gasteiger partial charge in [-0.25, -0.2) is 17.5 Å². The van der Waals surface area contributed by atoms with Crippen molar-refractivity contribution in [2.75, 3.05) is 19.6 Å². The van der Waals surface area contributed by atoms with E-state index in [4.69, 9.17) is 5.73 Å². The van der Waals surface area contributed by atoms with Gasteiger partial charge in [0.2, 0.25) is 15.9 Å². The minimum Gasteiger partial charge on any atom is -0.342 e. The number of hydrogen-bond donors (Lipinski definition) is 2. The van der Waals surface area contributed by atoms with Gasteiger partial charge in [-0.2, -0.15) is 0 Å². The molecule has 150 valence electrons. The Morgan fingerprint density at radius 2 is 1.79 bits per heavy atom. The summed E-state index contributed by atoms with van der Waals surface area (Å²) >= 11 is 0. The zero-order valence-corrected chi connectivity index (χ0v) is 16.2. The van der Waals surface area contributed by atoms with Gasteiger partial charge in [0, 0.05) is 38.0 Å². The summed E-state index contributed by atoms with van der Waals surface area (Å²) < 4.78 is 40.7. The van der Waals surface area contributed by atoms with Gasteiger partial charge in [0.1, 0.15) is 5.82 Å². The zero-order chi connectivity index (χ0) is 20.1. The van der Waals surface area contributed by atoms with Crippen molar-refractivity contribution >= 4 is 15.9 Å². The predicted molar refractivity (Wildman–Crippen MR) is 104 cm³/mol. The van der Waals surface area contributed by atoms with Crippen LogP contribution in [0.1, 0.15) is 12.0 Å². The van der Waals surface area contributed by atoms with E-state index in [-0.39, 0.29) is 35.5 Å². The fourth-order valence-electron chi connectivity index (χ4n) is 3.19. The Bertz CT molecular complexity index is 915. The lowest BCUT2D eigenvalue weighted by molar-refractivity contribution is -0.137. The molecule has 1 fully saturated rings. The second-order valence-corrected chi connectivity index (χ2v) is 8.86. The van der Waals surface area contributed by atoms with Gasteiger partial charge in [0.25, 0.3) is 0 Å². The number of amides is 1. The van der Waals surface area contributed by atoms with Crippen LogP contribution in [0.2, 0.25) is 0 Å². The van der Waals surface area contributed by atoms with Gasteiger partial charge in [0.15, 0.2) is 0 Å². The van der Waals surface area contributed by atoms with Crippen molar-refractivity contribution in [1.82, 2.24) is 9.62 Å². The van der Waals surface area contributed by atoms with E-state index in [0.717, 1.165) is 0 Å². The van der Waals surface area contributed by atoms with Gasteiger partial charge in [-0.05, 0) is 30.2 Å². The van der Waals surface area contributed by atoms with Crippen LogP contribution >= 0.6 is 0 Å². The van der Waals surface area contributed by atoms with Crippen molar-refractivity contribution < 1.29 is 17.6 Å². The first-order chi connectivity index (χ1) is 13.3. The fraction of sp³-hybridized carbons (Fsp3) is 0.350. The highest BCUT2D eigenvalue weighted by molar-refractivity contribution is 7.89. The Labute approximate surface area is 164 Å². The van der Waals surface area contributed by atoms with Crippen molar-refractivity contribution in [2.24, 2.45) is 11.7 Å². The maximum Gasteiger partial charge on any atom is 0.240 e. The number of nitrogens with one attached hydrogen (secondary N) is 1. The predicted octanol–water partition coefficient (Wildman–Crippen LogP) is 1.52. The van der Waals surface area contributed by atoms with Crippen LogP contribution in [0.15, 0.2) is 59.5 Å². The number of nitrogens with zero attached hydrogens (tertiary/aromatic N) is 1. The van der Waals surface area contributed by atoms with Crippen molar-refractivity contribution in [3.8, 4) is 0 Å². The molecule has 0 bridgehead atoms. The molecule has 2 aromatic rings. The first-order valence-corrected chi connectivity index (χ1v) is 10.6. The molecule has 0 saturated carbocycles. The highest BCUT2D eigenvalue weighted by Gasteiger charge is 2.32. The molecule has 8 heteroatoms. The molecule has 1 saturated heterocycles. The van der Waals surface area contributed by atoms with Gasteiger partial charge in [-0.15, -0.1) is 0 Å². The smallest absolute Gasteiger partial charge is 0.240 e. The van der Waals surface area contributed by atoms with E-state index in [9.17, 15) is 17.6 Å². The summed E-state index contributed by atoms with van der Waals surface area (Å²) in [5.41, 5.74) is 6.50. The monoisotopic (exact) mass is 405 g/mol. The number of carbonyl (C=O) groups excluding carboxylic acids is 1. The number of carbonyl (C=O) groups is 1. The minimum absolute atomic E-state index is 0.0743. The van der Waals surface area contributed by atoms with E-state index in [0.29, 0.717) is 25.1 Å². The summed E-state index contributed by atoms with van der Waals surface area (Å²) in [7, 11) is -3.54. The molecular weight excluding hydrogens is 381 g/mol. The maximum atomic E-state index is 13.7. The van der Waals surface area contributed by atoms with Crippen molar-refractivity contribution in [2.45, 2.75) is 23.8 Å². The highest BCUT2D eigenvalue weighted by atomic mass is 32.2. The number of likely N-dealkylation sites (tertiary alicyclic amines) is 1. The maximum absolute atomic E-state index is 13.7. The Balaban J connectivity index is 1.41. The van der Waals surface area contributed by atoms with Crippen LogP contribution < -0.4 is 10.5 Å². The summed E-state index contributed by atoms with van der Waals surface area (Å²) in [6, 6.07) is 14.1. The topological polar surface area (TPSA) is 92.5 Å². The molecule has 0 aliphatic carbocycles. The molecule has 6 nitrogen and oxygen atoms in total. The minimum atomic E-state index is -3.54. The molecule has 3 N–H and O–H groups in total. The van der Waals surface area contributed by atoms with E-state index in [1.165, 1.54) is 18.2 Å². The van der Waals surface area contributed by atoms with E-state index in [2.05, 4.69) is 4.72 Å². The van der Waals surface area contributed by atoms with Gasteiger partial charge >= 0.3 is 0 Å². The molecule has 1 aliphatic heterocycles. The average Bonchev–Trinajstić information content (AvgIpc) is 2.63. The summed E-state index contributed by atoms with van der Waals surface area (Å²) in [6.07, 6.45) is 0.434. The van der Waals surface area contributed by atoms with Crippen molar-refractivity contribution in [1.29, 1.82) is 0 Å². The molecule has 0 radical (unpaired) electrons. The highest BCUT2D eigenvalue weighted by Crippen LogP contribution is 2.18. The van der Waals surface area contributed by atoms with Crippen LogP contribution in [0.25, 0.3) is 0 Å². The van der Waals surface area contributed by atoms with Crippen LogP contribution in [0, 0.1) is 11.7 Å². The summed E-state index contributed by atoms with van der Waals surface area (Å²) in [5, 5.41) is 0. The summed E-state index contributed by atoms with van der Waals surface area (Å²) in [4.78, 5) is 14.2. The standard InChI is InChI=1S/C20H24FN3O3S/c21-19-9-5-4-6-16(19)10-17(22)11-20(25)24-13-15(14-24)12-23-28(26,27)18-7-2-1-3-8-18/h1-9,15,17,23H,10-14,22H2/t17-/m1/s1. The lowest BCUT2D eigenvalue weighted by Crippen LogP contribution is -2.54. The molecule has 1 atom stereocenters. The van der Waals surface area contributed by atoms with Crippen LogP contribution in [0.4, 0.5) is 4.39 Å². The third-order valence-electron chi connectivity index (χ3n) is 4.80. The first-order valence-electron chi connectivity index (χ1n) is 9.16. The van der Waals surface area contributed by atoms with Crippen LogP contribution in [0.5, 0.6) is 0 Å². The molecule has 3 rings (SSSR count). The molecule has 28 heavy (non-hydrogen) atoms. The molecular formula is C20H24FN3O3S. The van der Waals surface area contributed by atoms with Gasteiger partial charge < -0.3 is 10.6 Å². The van der Waals surface area contributed by atoms with E-state index in [1.54, 1.807) is 41.3 Å². The Hall–Kier alpha value is -2.29.